The molecule has 0 bridgehead atoms. The van der Waals surface area contributed by atoms with E-state index in [0.717, 1.165) is 30.6 Å². The van der Waals surface area contributed by atoms with Gasteiger partial charge in [0.2, 0.25) is 0 Å². The van der Waals surface area contributed by atoms with E-state index < -0.39 is 0 Å². The van der Waals surface area contributed by atoms with Crippen molar-refractivity contribution in [3.8, 4) is 23.0 Å². The number of hydrogen-bond acceptors (Lipinski definition) is 5. The Kier molecular flexibility index (Phi) is 4.53. The number of fused-ring (bicyclic) bond motifs is 1. The maximum Gasteiger partial charge on any atom is 0.160 e. The third-order valence-corrected chi connectivity index (χ3v) is 4.58. The topological polar surface area (TPSA) is 62.2 Å². The summed E-state index contributed by atoms with van der Waals surface area (Å²) in [4.78, 5) is 2.26. The zero-order chi connectivity index (χ0) is 17.3. The molecule has 5 heteroatoms. The fourth-order valence-corrected chi connectivity index (χ4v) is 3.46. The fraction of sp³-hybridized carbons (Fsp3) is 0.368. The molecule has 0 aliphatic carbocycles. The summed E-state index contributed by atoms with van der Waals surface area (Å²) in [5.41, 5.74) is 3.35. The second kappa shape index (κ2) is 6.61. The Morgan fingerprint density at radius 3 is 2.42 bits per heavy atom. The number of ether oxygens (including phenoxy) is 2. The van der Waals surface area contributed by atoms with E-state index >= 15 is 0 Å². The first-order valence-electron chi connectivity index (χ1n) is 7.96. The molecule has 1 unspecified atom stereocenters. The van der Waals surface area contributed by atoms with Crippen LogP contribution in [-0.2, 0) is 13.0 Å². The number of aromatic hydroxyl groups is 2. The van der Waals surface area contributed by atoms with Crippen molar-refractivity contribution < 1.29 is 19.7 Å². The Bertz CT molecular complexity index is 744. The highest BCUT2D eigenvalue weighted by Crippen LogP contribution is 2.38. The lowest BCUT2D eigenvalue weighted by Gasteiger charge is -2.33. The lowest BCUT2D eigenvalue weighted by atomic mass is 9.85. The van der Waals surface area contributed by atoms with Gasteiger partial charge in [-0.3, -0.25) is 0 Å². The van der Waals surface area contributed by atoms with Crippen LogP contribution in [0, 0.1) is 0 Å². The van der Waals surface area contributed by atoms with E-state index in [1.807, 2.05) is 18.2 Å². The van der Waals surface area contributed by atoms with E-state index in [2.05, 4.69) is 11.9 Å². The van der Waals surface area contributed by atoms with Crippen molar-refractivity contribution in [2.45, 2.75) is 18.9 Å². The predicted octanol–water partition coefficient (Wildman–Crippen LogP) is 2.89. The summed E-state index contributed by atoms with van der Waals surface area (Å²) < 4.78 is 10.3. The van der Waals surface area contributed by atoms with Crippen LogP contribution in [0.2, 0.25) is 0 Å². The van der Waals surface area contributed by atoms with E-state index in [1.54, 1.807) is 19.2 Å². The van der Waals surface area contributed by atoms with Crippen molar-refractivity contribution in [1.29, 1.82) is 0 Å². The number of benzene rings is 2. The summed E-state index contributed by atoms with van der Waals surface area (Å²) in [6, 6.07) is 9.23. The minimum absolute atomic E-state index is 0.150. The molecular weight excluding hydrogens is 306 g/mol. The molecule has 1 atom stereocenters. The molecule has 2 aromatic rings. The van der Waals surface area contributed by atoms with Crippen LogP contribution in [0.15, 0.2) is 30.3 Å². The number of nitrogens with zero attached hydrogens (tertiary/aromatic N) is 1. The predicted molar refractivity (Wildman–Crippen MR) is 92.1 cm³/mol. The Hall–Kier alpha value is -2.40. The number of phenols is 2. The number of methoxy groups -OCH3 is 2. The van der Waals surface area contributed by atoms with Gasteiger partial charge in [0.1, 0.15) is 0 Å². The van der Waals surface area contributed by atoms with Crippen LogP contribution in [0.1, 0.15) is 22.6 Å². The zero-order valence-corrected chi connectivity index (χ0v) is 14.2. The SMILES string of the molecule is COc1ccc(CC2CN(C)Cc3cc(OC)c(O)cc32)cc1O. The van der Waals surface area contributed by atoms with Crippen LogP contribution in [0.3, 0.4) is 0 Å². The molecule has 0 aromatic heterocycles. The van der Waals surface area contributed by atoms with Crippen molar-refractivity contribution in [3.05, 3.63) is 47.0 Å². The summed E-state index contributed by atoms with van der Waals surface area (Å²) in [6.07, 6.45) is 0.778. The first-order valence-corrected chi connectivity index (χ1v) is 7.96. The standard InChI is InChI=1S/C19H23NO4/c1-20-10-13(6-12-4-5-18(23-2)16(21)7-12)15-9-17(22)19(24-3)8-14(15)11-20/h4-5,7-9,13,21-22H,6,10-11H2,1-3H3. The molecule has 1 aliphatic rings. The van der Waals surface area contributed by atoms with E-state index in [-0.39, 0.29) is 17.4 Å². The van der Waals surface area contributed by atoms with Gasteiger partial charge in [0.05, 0.1) is 14.2 Å². The highest BCUT2D eigenvalue weighted by Gasteiger charge is 2.25. The van der Waals surface area contributed by atoms with Gasteiger partial charge in [0.25, 0.3) is 0 Å². The highest BCUT2D eigenvalue weighted by molar-refractivity contribution is 5.49. The fourth-order valence-electron chi connectivity index (χ4n) is 3.46. The number of phenolic OH excluding ortho intramolecular Hbond substituents is 2. The van der Waals surface area contributed by atoms with E-state index in [0.29, 0.717) is 11.5 Å². The second-order valence-corrected chi connectivity index (χ2v) is 6.33. The smallest absolute Gasteiger partial charge is 0.160 e. The lowest BCUT2D eigenvalue weighted by Crippen LogP contribution is -2.31. The first-order chi connectivity index (χ1) is 11.5. The summed E-state index contributed by atoms with van der Waals surface area (Å²) in [6.45, 7) is 1.72. The molecule has 3 rings (SSSR count). The average Bonchev–Trinajstić information content (AvgIpc) is 2.55. The largest absolute Gasteiger partial charge is 0.504 e. The average molecular weight is 329 g/mol. The summed E-state index contributed by atoms with van der Waals surface area (Å²) in [7, 11) is 5.18. The van der Waals surface area contributed by atoms with Crippen molar-refractivity contribution in [3.63, 3.8) is 0 Å². The summed E-state index contributed by atoms with van der Waals surface area (Å²) >= 11 is 0. The number of likely N-dealkylation sites (N-methyl/N-ethyl adjacent to an activating group) is 1. The number of hydrogen-bond donors (Lipinski definition) is 2. The van der Waals surface area contributed by atoms with Gasteiger partial charge in [-0.05, 0) is 54.4 Å². The van der Waals surface area contributed by atoms with Gasteiger partial charge in [-0.25, -0.2) is 0 Å². The van der Waals surface area contributed by atoms with Crippen molar-refractivity contribution >= 4 is 0 Å². The normalized spacial score (nSPS) is 17.4. The number of rotatable bonds is 4. The molecule has 1 heterocycles. The quantitative estimate of drug-likeness (QED) is 0.903. The van der Waals surface area contributed by atoms with Gasteiger partial charge in [-0.15, -0.1) is 0 Å². The van der Waals surface area contributed by atoms with Crippen molar-refractivity contribution in [2.75, 3.05) is 27.8 Å². The molecule has 2 aromatic carbocycles. The summed E-state index contributed by atoms with van der Waals surface area (Å²) in [5, 5.41) is 20.1. The van der Waals surface area contributed by atoms with Gasteiger partial charge in [0.15, 0.2) is 23.0 Å². The highest BCUT2D eigenvalue weighted by atomic mass is 16.5. The first kappa shape index (κ1) is 16.5. The van der Waals surface area contributed by atoms with Crippen LogP contribution < -0.4 is 9.47 Å². The van der Waals surface area contributed by atoms with E-state index in [1.165, 1.54) is 12.7 Å². The van der Waals surface area contributed by atoms with E-state index in [4.69, 9.17) is 9.47 Å². The van der Waals surface area contributed by atoms with Gasteiger partial charge in [-0.2, -0.15) is 0 Å². The molecular formula is C19H23NO4. The maximum atomic E-state index is 10.1. The van der Waals surface area contributed by atoms with Crippen LogP contribution >= 0.6 is 0 Å². The van der Waals surface area contributed by atoms with Crippen LogP contribution in [0.25, 0.3) is 0 Å². The maximum absolute atomic E-state index is 10.1. The van der Waals surface area contributed by atoms with Crippen molar-refractivity contribution in [1.82, 2.24) is 4.90 Å². The zero-order valence-electron chi connectivity index (χ0n) is 14.2. The Morgan fingerprint density at radius 1 is 1.04 bits per heavy atom. The summed E-state index contributed by atoms with van der Waals surface area (Å²) in [5.74, 6) is 1.54. The van der Waals surface area contributed by atoms with Crippen molar-refractivity contribution in [2.24, 2.45) is 0 Å². The van der Waals surface area contributed by atoms with Crippen LogP contribution in [0.4, 0.5) is 0 Å². The Morgan fingerprint density at radius 2 is 1.75 bits per heavy atom. The molecule has 0 spiro atoms. The van der Waals surface area contributed by atoms with Gasteiger partial charge in [0, 0.05) is 19.0 Å². The third-order valence-electron chi connectivity index (χ3n) is 4.58. The molecule has 128 valence electrons. The van der Waals surface area contributed by atoms with Crippen LogP contribution in [0.5, 0.6) is 23.0 Å². The van der Waals surface area contributed by atoms with Gasteiger partial charge < -0.3 is 24.6 Å². The Balaban J connectivity index is 1.92. The molecule has 2 N–H and O–H groups in total. The molecule has 24 heavy (non-hydrogen) atoms. The molecule has 0 fully saturated rings. The van der Waals surface area contributed by atoms with Gasteiger partial charge >= 0.3 is 0 Å². The minimum Gasteiger partial charge on any atom is -0.504 e. The molecule has 0 saturated heterocycles. The van der Waals surface area contributed by atoms with Crippen LogP contribution in [-0.4, -0.2) is 42.9 Å². The lowest BCUT2D eigenvalue weighted by molar-refractivity contribution is 0.277. The molecule has 0 saturated carbocycles. The molecule has 5 nitrogen and oxygen atoms in total. The molecule has 1 aliphatic heterocycles. The monoisotopic (exact) mass is 329 g/mol. The van der Waals surface area contributed by atoms with Gasteiger partial charge in [-0.1, -0.05) is 6.07 Å². The molecule has 0 radical (unpaired) electrons. The van der Waals surface area contributed by atoms with E-state index in [9.17, 15) is 10.2 Å². The third kappa shape index (κ3) is 3.12. The Labute approximate surface area is 142 Å². The second-order valence-electron chi connectivity index (χ2n) is 6.33. The molecule has 0 amide bonds. The minimum atomic E-state index is 0.150.